The predicted molar refractivity (Wildman–Crippen MR) is 112 cm³/mol. The van der Waals surface area contributed by atoms with Crippen LogP contribution < -0.4 is 16.1 Å². The number of hydrogen-bond acceptors (Lipinski definition) is 6. The van der Waals surface area contributed by atoms with Gasteiger partial charge in [-0.3, -0.25) is 14.3 Å². The maximum absolute atomic E-state index is 13.9. The fourth-order valence-electron chi connectivity index (χ4n) is 3.40. The number of hydroxylamine groups is 1. The third-order valence-electron chi connectivity index (χ3n) is 4.87. The summed E-state index contributed by atoms with van der Waals surface area (Å²) < 4.78 is 29.5. The van der Waals surface area contributed by atoms with Gasteiger partial charge in [0.25, 0.3) is 5.91 Å². The van der Waals surface area contributed by atoms with Crippen LogP contribution in [-0.2, 0) is 17.8 Å². The molecule has 3 N–H and O–H groups in total. The third kappa shape index (κ3) is 4.44. The van der Waals surface area contributed by atoms with Gasteiger partial charge in [-0.05, 0) is 25.3 Å². The summed E-state index contributed by atoms with van der Waals surface area (Å²) in [5, 5.41) is 10.7. The van der Waals surface area contributed by atoms with Crippen molar-refractivity contribution in [3.63, 3.8) is 0 Å². The van der Waals surface area contributed by atoms with E-state index in [2.05, 4.69) is 31.0 Å². The summed E-state index contributed by atoms with van der Waals surface area (Å²) in [6.07, 6.45) is 6.25. The SMILES string of the molecule is CONC(=O)c1cc(F)c(F)cc1Nc1cc(Nc2cnn3c2CCCC3)ncc1Cl. The minimum Gasteiger partial charge on any atom is -0.353 e. The third-order valence-corrected chi connectivity index (χ3v) is 5.17. The lowest BCUT2D eigenvalue weighted by Crippen LogP contribution is -2.23. The van der Waals surface area contributed by atoms with E-state index in [4.69, 9.17) is 11.6 Å². The second-order valence-corrected chi connectivity index (χ2v) is 7.34. The molecule has 0 unspecified atom stereocenters. The fraction of sp³-hybridized carbons (Fsp3) is 0.250. The van der Waals surface area contributed by atoms with Crippen LogP contribution in [0, 0.1) is 11.6 Å². The number of nitrogens with one attached hydrogen (secondary N) is 3. The Balaban J connectivity index is 1.63. The van der Waals surface area contributed by atoms with Gasteiger partial charge in [0.15, 0.2) is 11.6 Å². The van der Waals surface area contributed by atoms with Crippen LogP contribution in [0.4, 0.5) is 31.7 Å². The first kappa shape index (κ1) is 21.0. The van der Waals surface area contributed by atoms with Crippen molar-refractivity contribution in [2.45, 2.75) is 25.8 Å². The molecule has 1 aromatic carbocycles. The van der Waals surface area contributed by atoms with E-state index in [1.165, 1.54) is 13.3 Å². The van der Waals surface area contributed by atoms with Crippen LogP contribution in [0.2, 0.25) is 5.02 Å². The second-order valence-electron chi connectivity index (χ2n) is 6.93. The van der Waals surface area contributed by atoms with E-state index >= 15 is 0 Å². The quantitative estimate of drug-likeness (QED) is 0.486. The molecule has 11 heteroatoms. The Morgan fingerprint density at radius 2 is 1.90 bits per heavy atom. The van der Waals surface area contributed by atoms with Crippen LogP contribution in [0.25, 0.3) is 0 Å². The van der Waals surface area contributed by atoms with Crippen molar-refractivity contribution in [3.05, 3.63) is 58.5 Å². The summed E-state index contributed by atoms with van der Waals surface area (Å²) in [6, 6.07) is 3.26. The number of hydrogen-bond donors (Lipinski definition) is 3. The first-order valence-electron chi connectivity index (χ1n) is 9.53. The number of aryl methyl sites for hydroxylation is 1. The molecular weight excluding hydrogens is 430 g/mol. The highest BCUT2D eigenvalue weighted by atomic mass is 35.5. The Morgan fingerprint density at radius 3 is 2.71 bits per heavy atom. The van der Waals surface area contributed by atoms with Gasteiger partial charge >= 0.3 is 0 Å². The minimum atomic E-state index is -1.17. The number of amides is 1. The lowest BCUT2D eigenvalue weighted by atomic mass is 10.1. The van der Waals surface area contributed by atoms with E-state index in [-0.39, 0.29) is 16.3 Å². The Kier molecular flexibility index (Phi) is 6.01. The number of halogens is 3. The van der Waals surface area contributed by atoms with Crippen LogP contribution in [0.3, 0.4) is 0 Å². The zero-order chi connectivity index (χ0) is 22.0. The van der Waals surface area contributed by atoms with Gasteiger partial charge in [-0.15, -0.1) is 0 Å². The maximum atomic E-state index is 13.9. The van der Waals surface area contributed by atoms with Gasteiger partial charge in [0.2, 0.25) is 0 Å². The van der Waals surface area contributed by atoms with E-state index in [1.54, 1.807) is 12.3 Å². The van der Waals surface area contributed by atoms with Crippen LogP contribution >= 0.6 is 11.6 Å². The van der Waals surface area contributed by atoms with Crippen molar-refractivity contribution in [2.75, 3.05) is 17.7 Å². The largest absolute Gasteiger partial charge is 0.353 e. The van der Waals surface area contributed by atoms with E-state index in [9.17, 15) is 13.6 Å². The highest BCUT2D eigenvalue weighted by Gasteiger charge is 2.19. The molecule has 0 spiro atoms. The van der Waals surface area contributed by atoms with Gasteiger partial charge in [-0.2, -0.15) is 5.10 Å². The van der Waals surface area contributed by atoms with Gasteiger partial charge < -0.3 is 10.6 Å². The molecule has 0 atom stereocenters. The molecule has 8 nitrogen and oxygen atoms in total. The number of anilines is 4. The average molecular weight is 449 g/mol. The number of carbonyl (C=O) groups excluding carboxylic acids is 1. The van der Waals surface area contributed by atoms with E-state index in [0.717, 1.165) is 49.3 Å². The molecule has 1 aliphatic rings. The van der Waals surface area contributed by atoms with Gasteiger partial charge in [0, 0.05) is 18.7 Å². The standard InChI is InChI=1S/C20H19ClF2N6O2/c1-31-28-20(30)11-6-13(22)14(23)7-15(11)26-16-8-19(24-9-12(16)21)27-17-10-25-29-5-3-2-4-18(17)29/h6-10H,2-5H2,1H3,(H,28,30)(H2,24,26,27). The molecule has 3 aromatic rings. The number of rotatable bonds is 6. The van der Waals surface area contributed by atoms with E-state index in [1.807, 2.05) is 4.68 Å². The van der Waals surface area contributed by atoms with Crippen molar-refractivity contribution < 1.29 is 18.4 Å². The van der Waals surface area contributed by atoms with Crippen LogP contribution in [-0.4, -0.2) is 27.8 Å². The zero-order valence-corrected chi connectivity index (χ0v) is 17.3. The molecule has 3 heterocycles. The molecule has 2 aromatic heterocycles. The highest BCUT2D eigenvalue weighted by Crippen LogP contribution is 2.32. The van der Waals surface area contributed by atoms with Crippen molar-refractivity contribution in [3.8, 4) is 0 Å². The van der Waals surface area contributed by atoms with E-state index in [0.29, 0.717) is 11.5 Å². The number of fused-ring (bicyclic) bond motifs is 1. The highest BCUT2D eigenvalue weighted by molar-refractivity contribution is 6.33. The average Bonchev–Trinajstić information content (AvgIpc) is 3.16. The van der Waals surface area contributed by atoms with Crippen LogP contribution in [0.15, 0.2) is 30.6 Å². The summed E-state index contributed by atoms with van der Waals surface area (Å²) in [5.74, 6) is -2.56. The lowest BCUT2D eigenvalue weighted by molar-refractivity contribution is 0.0538. The molecule has 0 radical (unpaired) electrons. The molecular formula is C20H19ClF2N6O2. The summed E-state index contributed by atoms with van der Waals surface area (Å²) >= 11 is 6.25. The van der Waals surface area contributed by atoms with Gasteiger partial charge in [0.1, 0.15) is 5.82 Å². The van der Waals surface area contributed by atoms with Crippen molar-refractivity contribution in [2.24, 2.45) is 0 Å². The molecule has 4 rings (SSSR count). The summed E-state index contributed by atoms with van der Waals surface area (Å²) in [6.45, 7) is 0.875. The van der Waals surface area contributed by atoms with Crippen molar-refractivity contribution >= 4 is 40.4 Å². The first-order valence-corrected chi connectivity index (χ1v) is 9.90. The number of nitrogens with zero attached hydrogens (tertiary/aromatic N) is 3. The Bertz CT molecular complexity index is 1140. The molecule has 0 aliphatic carbocycles. The number of pyridine rings is 1. The van der Waals surface area contributed by atoms with Crippen LogP contribution in [0.5, 0.6) is 0 Å². The van der Waals surface area contributed by atoms with Crippen LogP contribution in [0.1, 0.15) is 28.9 Å². The molecule has 1 aliphatic heterocycles. The number of aromatic nitrogens is 3. The Morgan fingerprint density at radius 1 is 1.10 bits per heavy atom. The number of carbonyl (C=O) groups is 1. The fourth-order valence-corrected chi connectivity index (χ4v) is 3.55. The molecule has 0 bridgehead atoms. The van der Waals surface area contributed by atoms with Gasteiger partial charge in [-0.1, -0.05) is 11.6 Å². The monoisotopic (exact) mass is 448 g/mol. The first-order chi connectivity index (χ1) is 15.0. The van der Waals surface area contributed by atoms with Crippen molar-refractivity contribution in [1.29, 1.82) is 0 Å². The minimum absolute atomic E-state index is 0.00964. The second kappa shape index (κ2) is 8.86. The topological polar surface area (TPSA) is 93.1 Å². The summed E-state index contributed by atoms with van der Waals surface area (Å²) in [5.41, 5.74) is 4.22. The molecule has 0 fully saturated rings. The molecule has 1 amide bonds. The molecule has 31 heavy (non-hydrogen) atoms. The summed E-state index contributed by atoms with van der Waals surface area (Å²) in [7, 11) is 1.23. The molecule has 0 saturated heterocycles. The summed E-state index contributed by atoms with van der Waals surface area (Å²) in [4.78, 5) is 21.0. The van der Waals surface area contributed by atoms with Crippen molar-refractivity contribution in [1.82, 2.24) is 20.2 Å². The normalized spacial score (nSPS) is 12.9. The zero-order valence-electron chi connectivity index (χ0n) is 16.5. The Hall–Kier alpha value is -3.24. The molecule has 0 saturated carbocycles. The number of benzene rings is 1. The van der Waals surface area contributed by atoms with E-state index < -0.39 is 17.5 Å². The lowest BCUT2D eigenvalue weighted by Gasteiger charge is -2.16. The smallest absolute Gasteiger partial charge is 0.277 e. The maximum Gasteiger partial charge on any atom is 0.277 e. The van der Waals surface area contributed by atoms with Gasteiger partial charge in [-0.25, -0.2) is 19.2 Å². The predicted octanol–water partition coefficient (Wildman–Crippen LogP) is 4.32. The Labute approximate surface area is 181 Å². The molecule has 162 valence electrons. The van der Waals surface area contributed by atoms with Gasteiger partial charge in [0.05, 0.1) is 52.8 Å².